The molecule has 0 fully saturated rings. The summed E-state index contributed by atoms with van der Waals surface area (Å²) in [6.07, 6.45) is 0. The normalized spacial score (nSPS) is 15.9. The molecule has 2 radical (unpaired) electrons. The number of fused-ring (bicyclic) bond motifs is 3. The third-order valence-electron chi connectivity index (χ3n) is 3.34. The van der Waals surface area contributed by atoms with Crippen molar-refractivity contribution in [1.29, 1.82) is 0 Å². The summed E-state index contributed by atoms with van der Waals surface area (Å²) in [5.41, 5.74) is 5.41. The van der Waals surface area contributed by atoms with Crippen LogP contribution in [0.5, 0.6) is 0 Å². The summed E-state index contributed by atoms with van der Waals surface area (Å²) in [5, 5.41) is 0. The first-order valence-electron chi connectivity index (χ1n) is 5.23. The lowest BCUT2D eigenvalue weighted by Crippen LogP contribution is -2.14. The van der Waals surface area contributed by atoms with Crippen LogP contribution in [0.4, 0.5) is 0 Å². The van der Waals surface area contributed by atoms with Crippen LogP contribution in [-0.4, -0.2) is 0 Å². The Labute approximate surface area is 90.6 Å². The van der Waals surface area contributed by atoms with E-state index in [4.69, 9.17) is 0 Å². The molecule has 0 spiro atoms. The molecule has 2 aromatic rings. The van der Waals surface area contributed by atoms with E-state index in [0.29, 0.717) is 0 Å². The highest BCUT2D eigenvalue weighted by molar-refractivity contribution is 5.79. The van der Waals surface area contributed by atoms with Crippen molar-refractivity contribution < 1.29 is 0 Å². The van der Waals surface area contributed by atoms with Gasteiger partial charge in [0.25, 0.3) is 0 Å². The summed E-state index contributed by atoms with van der Waals surface area (Å²) in [5.74, 6) is 0. The molecule has 0 unspecified atom stereocenters. The van der Waals surface area contributed by atoms with Gasteiger partial charge in [-0.05, 0) is 40.5 Å². The second-order valence-corrected chi connectivity index (χ2v) is 4.56. The van der Waals surface area contributed by atoms with Crippen LogP contribution in [0.25, 0.3) is 11.1 Å². The Bertz CT molecular complexity index is 474. The van der Waals surface area contributed by atoms with Crippen molar-refractivity contribution in [2.24, 2.45) is 0 Å². The molecule has 1 aliphatic rings. The lowest BCUT2D eigenvalue weighted by molar-refractivity contribution is 0.660. The van der Waals surface area contributed by atoms with Gasteiger partial charge in [0.2, 0.25) is 0 Å². The number of benzene rings is 2. The van der Waals surface area contributed by atoms with Gasteiger partial charge in [0.15, 0.2) is 0 Å². The van der Waals surface area contributed by atoms with Crippen LogP contribution in [0, 0.1) is 12.1 Å². The molecule has 0 nitrogen and oxygen atoms in total. The molecule has 1 aliphatic carbocycles. The maximum Gasteiger partial charge on any atom is 0.0159 e. The molecule has 0 aliphatic heterocycles. The van der Waals surface area contributed by atoms with Gasteiger partial charge in [0.1, 0.15) is 0 Å². The van der Waals surface area contributed by atoms with E-state index >= 15 is 0 Å². The Morgan fingerprint density at radius 2 is 1.93 bits per heavy atom. The lowest BCUT2D eigenvalue weighted by Gasteiger charge is -2.20. The molecule has 3 rings (SSSR count). The Kier molecular flexibility index (Phi) is 1.59. The van der Waals surface area contributed by atoms with E-state index in [9.17, 15) is 0 Å². The average molecular weight is 192 g/mol. The third-order valence-corrected chi connectivity index (χ3v) is 3.34. The SMILES string of the molecule is CC1(C)c2ccc[c]c2-c2cc[c]cc21. The van der Waals surface area contributed by atoms with Crippen molar-refractivity contribution >= 4 is 0 Å². The predicted molar refractivity (Wildman–Crippen MR) is 61.7 cm³/mol. The zero-order valence-corrected chi connectivity index (χ0v) is 8.96. The molecule has 0 heterocycles. The van der Waals surface area contributed by atoms with E-state index in [1.807, 2.05) is 12.1 Å². The van der Waals surface area contributed by atoms with Crippen molar-refractivity contribution in [2.45, 2.75) is 19.3 Å². The first-order valence-corrected chi connectivity index (χ1v) is 5.23. The van der Waals surface area contributed by atoms with Crippen LogP contribution >= 0.6 is 0 Å². The van der Waals surface area contributed by atoms with Gasteiger partial charge in [0, 0.05) is 5.41 Å². The molecule has 0 aromatic heterocycles. The van der Waals surface area contributed by atoms with E-state index in [1.165, 1.54) is 22.3 Å². The van der Waals surface area contributed by atoms with Crippen LogP contribution in [-0.2, 0) is 5.41 Å². The van der Waals surface area contributed by atoms with Gasteiger partial charge in [-0.2, -0.15) is 0 Å². The maximum atomic E-state index is 3.35. The summed E-state index contributed by atoms with van der Waals surface area (Å²) < 4.78 is 0. The smallest absolute Gasteiger partial charge is 0.0159 e. The monoisotopic (exact) mass is 192 g/mol. The molecule has 0 atom stereocenters. The summed E-state index contributed by atoms with van der Waals surface area (Å²) in [4.78, 5) is 0. The topological polar surface area (TPSA) is 0 Å². The first kappa shape index (κ1) is 8.72. The average Bonchev–Trinajstić information content (AvgIpc) is 2.51. The van der Waals surface area contributed by atoms with Crippen molar-refractivity contribution in [2.75, 3.05) is 0 Å². The van der Waals surface area contributed by atoms with Crippen LogP contribution in [0.15, 0.2) is 36.4 Å². The fraction of sp³-hybridized carbons (Fsp3) is 0.200. The first-order chi connectivity index (χ1) is 7.21. The number of rotatable bonds is 0. The van der Waals surface area contributed by atoms with Crippen LogP contribution < -0.4 is 0 Å². The Morgan fingerprint density at radius 3 is 2.80 bits per heavy atom. The fourth-order valence-electron chi connectivity index (χ4n) is 2.49. The Hall–Kier alpha value is -1.56. The minimum atomic E-state index is 0.0974. The molecule has 15 heavy (non-hydrogen) atoms. The van der Waals surface area contributed by atoms with Gasteiger partial charge >= 0.3 is 0 Å². The molecular formula is C15H12. The van der Waals surface area contributed by atoms with Crippen LogP contribution in [0.2, 0.25) is 0 Å². The van der Waals surface area contributed by atoms with E-state index in [1.54, 1.807) is 0 Å². The van der Waals surface area contributed by atoms with Crippen LogP contribution in [0.1, 0.15) is 25.0 Å². The highest BCUT2D eigenvalue weighted by Gasteiger charge is 2.34. The standard InChI is InChI=1S/C15H12/c1-15(2)13-9-5-3-7-11(13)12-8-4-6-10-14(12)15/h3-5,8-10H,1-2H3. The summed E-state index contributed by atoms with van der Waals surface area (Å²) in [6.45, 7) is 4.53. The quantitative estimate of drug-likeness (QED) is 0.598. The molecule has 0 N–H and O–H groups in total. The van der Waals surface area contributed by atoms with Gasteiger partial charge in [-0.1, -0.05) is 44.2 Å². The molecule has 72 valence electrons. The second kappa shape index (κ2) is 2.73. The summed E-state index contributed by atoms with van der Waals surface area (Å²) in [7, 11) is 0. The fourth-order valence-corrected chi connectivity index (χ4v) is 2.49. The number of hydrogen-bond acceptors (Lipinski definition) is 0. The van der Waals surface area contributed by atoms with E-state index in [2.05, 4.69) is 50.2 Å². The molecule has 0 amide bonds. The van der Waals surface area contributed by atoms with Gasteiger partial charge in [-0.25, -0.2) is 0 Å². The highest BCUT2D eigenvalue weighted by Crippen LogP contribution is 2.47. The molecular weight excluding hydrogens is 180 g/mol. The van der Waals surface area contributed by atoms with Gasteiger partial charge in [0.05, 0.1) is 0 Å². The molecule has 0 bridgehead atoms. The Balaban J connectivity index is 2.42. The highest BCUT2D eigenvalue weighted by atomic mass is 14.4. The second-order valence-electron chi connectivity index (χ2n) is 4.56. The largest absolute Gasteiger partial charge is 0.0613 e. The zero-order valence-electron chi connectivity index (χ0n) is 8.96. The molecule has 2 aromatic carbocycles. The minimum Gasteiger partial charge on any atom is -0.0613 e. The van der Waals surface area contributed by atoms with Crippen molar-refractivity contribution in [3.05, 3.63) is 59.7 Å². The zero-order chi connectivity index (χ0) is 10.5. The van der Waals surface area contributed by atoms with Crippen molar-refractivity contribution in [3.8, 4) is 11.1 Å². The van der Waals surface area contributed by atoms with Gasteiger partial charge in [-0.3, -0.25) is 0 Å². The van der Waals surface area contributed by atoms with Crippen LogP contribution in [0.3, 0.4) is 0 Å². The maximum absolute atomic E-state index is 3.35. The Morgan fingerprint density at radius 1 is 1.07 bits per heavy atom. The van der Waals surface area contributed by atoms with Crippen molar-refractivity contribution in [3.63, 3.8) is 0 Å². The molecule has 0 heteroatoms. The lowest BCUT2D eigenvalue weighted by atomic mass is 9.82. The summed E-state index contributed by atoms with van der Waals surface area (Å²) >= 11 is 0. The molecule has 0 saturated heterocycles. The van der Waals surface area contributed by atoms with Gasteiger partial charge < -0.3 is 0 Å². The van der Waals surface area contributed by atoms with E-state index in [-0.39, 0.29) is 5.41 Å². The van der Waals surface area contributed by atoms with E-state index < -0.39 is 0 Å². The molecule has 0 saturated carbocycles. The predicted octanol–water partition coefficient (Wildman–Crippen LogP) is 3.59. The minimum absolute atomic E-state index is 0.0974. The third kappa shape index (κ3) is 1.02. The summed E-state index contributed by atoms with van der Waals surface area (Å²) in [6, 6.07) is 19.0. The number of hydrogen-bond donors (Lipinski definition) is 0. The van der Waals surface area contributed by atoms with Gasteiger partial charge in [-0.15, -0.1) is 0 Å². The van der Waals surface area contributed by atoms with E-state index in [0.717, 1.165) is 0 Å². The van der Waals surface area contributed by atoms with Crippen molar-refractivity contribution in [1.82, 2.24) is 0 Å².